The van der Waals surface area contributed by atoms with Gasteiger partial charge in [-0.25, -0.2) is 0 Å². The zero-order valence-electron chi connectivity index (χ0n) is 5.83. The molecule has 1 aliphatic heterocycles. The van der Waals surface area contributed by atoms with Crippen molar-refractivity contribution in [3.05, 3.63) is 24.0 Å². The first-order valence-electron chi connectivity index (χ1n) is 3.40. The molecule has 2 heterocycles. The summed E-state index contributed by atoms with van der Waals surface area (Å²) in [6.07, 6.45) is 1.86. The van der Waals surface area contributed by atoms with Crippen molar-refractivity contribution < 1.29 is 4.79 Å². The van der Waals surface area contributed by atoms with Gasteiger partial charge >= 0.3 is 0 Å². The first-order valence-corrected chi connectivity index (χ1v) is 4.45. The fourth-order valence-corrected chi connectivity index (χ4v) is 2.01. The monoisotopic (exact) mass is 168 g/mol. The van der Waals surface area contributed by atoms with Crippen LogP contribution < -0.4 is 5.32 Å². The zero-order valence-corrected chi connectivity index (χ0v) is 6.65. The number of nitrogens with one attached hydrogen (secondary N) is 2. The van der Waals surface area contributed by atoms with E-state index in [0.717, 1.165) is 5.69 Å². The minimum atomic E-state index is 0.120. The highest BCUT2D eigenvalue weighted by Crippen LogP contribution is 2.28. The van der Waals surface area contributed by atoms with Crippen LogP contribution in [0, 0.1) is 0 Å². The van der Waals surface area contributed by atoms with Crippen molar-refractivity contribution in [1.82, 2.24) is 10.3 Å². The van der Waals surface area contributed by atoms with E-state index < -0.39 is 0 Å². The molecular weight excluding hydrogens is 160 g/mol. The molecular formula is C7H8N2OS. The van der Waals surface area contributed by atoms with E-state index in [4.69, 9.17) is 0 Å². The molecule has 1 aliphatic rings. The van der Waals surface area contributed by atoms with E-state index in [1.54, 1.807) is 11.8 Å². The number of H-pyrrole nitrogens is 1. The molecule has 0 saturated carbocycles. The van der Waals surface area contributed by atoms with Crippen molar-refractivity contribution in [3.8, 4) is 0 Å². The Balaban J connectivity index is 2.13. The van der Waals surface area contributed by atoms with Gasteiger partial charge in [0.2, 0.25) is 5.91 Å². The molecule has 11 heavy (non-hydrogen) atoms. The summed E-state index contributed by atoms with van der Waals surface area (Å²) in [5.74, 6) is 0.693. The van der Waals surface area contributed by atoms with Crippen LogP contribution in [0.1, 0.15) is 11.1 Å². The highest BCUT2D eigenvalue weighted by Gasteiger charge is 2.22. The van der Waals surface area contributed by atoms with Gasteiger partial charge in [0.05, 0.1) is 5.75 Å². The number of aromatic amines is 1. The van der Waals surface area contributed by atoms with Crippen LogP contribution in [0.2, 0.25) is 0 Å². The molecule has 4 heteroatoms. The van der Waals surface area contributed by atoms with Gasteiger partial charge in [0.15, 0.2) is 0 Å². The Morgan fingerprint density at radius 2 is 2.55 bits per heavy atom. The Morgan fingerprint density at radius 3 is 3.09 bits per heavy atom. The number of thioether (sulfide) groups is 1. The van der Waals surface area contributed by atoms with E-state index in [0.29, 0.717) is 5.75 Å². The average molecular weight is 168 g/mol. The van der Waals surface area contributed by atoms with Crippen LogP contribution in [-0.2, 0) is 4.79 Å². The van der Waals surface area contributed by atoms with Gasteiger partial charge in [-0.2, -0.15) is 0 Å². The first kappa shape index (κ1) is 6.79. The molecule has 0 aliphatic carbocycles. The van der Waals surface area contributed by atoms with Crippen molar-refractivity contribution >= 4 is 17.7 Å². The van der Waals surface area contributed by atoms with Gasteiger partial charge in [-0.3, -0.25) is 4.79 Å². The molecule has 1 atom stereocenters. The van der Waals surface area contributed by atoms with Gasteiger partial charge < -0.3 is 10.3 Å². The largest absolute Gasteiger partial charge is 0.363 e. The van der Waals surface area contributed by atoms with Crippen LogP contribution >= 0.6 is 11.8 Å². The Bertz CT molecular complexity index is 257. The second kappa shape index (κ2) is 2.62. The fourth-order valence-electron chi connectivity index (χ4n) is 1.06. The van der Waals surface area contributed by atoms with Crippen molar-refractivity contribution in [2.24, 2.45) is 0 Å². The summed E-state index contributed by atoms with van der Waals surface area (Å²) in [6.45, 7) is 0. The van der Waals surface area contributed by atoms with E-state index in [1.807, 2.05) is 18.3 Å². The second-order valence-electron chi connectivity index (χ2n) is 2.38. The van der Waals surface area contributed by atoms with Crippen LogP contribution in [-0.4, -0.2) is 16.6 Å². The number of rotatable bonds is 1. The lowest BCUT2D eigenvalue weighted by atomic mass is 10.4. The molecule has 1 amide bonds. The van der Waals surface area contributed by atoms with E-state index in [1.165, 1.54) is 0 Å². The van der Waals surface area contributed by atoms with Gasteiger partial charge in [0.1, 0.15) is 5.37 Å². The van der Waals surface area contributed by atoms with Crippen LogP contribution in [0.25, 0.3) is 0 Å². The highest BCUT2D eigenvalue weighted by molar-refractivity contribution is 8.00. The highest BCUT2D eigenvalue weighted by atomic mass is 32.2. The molecule has 3 nitrogen and oxygen atoms in total. The molecule has 1 aromatic heterocycles. The maximum Gasteiger partial charge on any atom is 0.231 e. The van der Waals surface area contributed by atoms with Gasteiger partial charge in [0, 0.05) is 11.9 Å². The quantitative estimate of drug-likeness (QED) is 0.653. The van der Waals surface area contributed by atoms with Gasteiger partial charge in [-0.05, 0) is 12.1 Å². The van der Waals surface area contributed by atoms with Crippen molar-refractivity contribution in [1.29, 1.82) is 0 Å². The molecule has 58 valence electrons. The van der Waals surface area contributed by atoms with Crippen molar-refractivity contribution in [3.63, 3.8) is 0 Å². The van der Waals surface area contributed by atoms with Crippen molar-refractivity contribution in [2.45, 2.75) is 5.37 Å². The maximum absolute atomic E-state index is 10.8. The Kier molecular flexibility index (Phi) is 1.62. The van der Waals surface area contributed by atoms with E-state index in [-0.39, 0.29) is 11.3 Å². The molecule has 0 bridgehead atoms. The smallest absolute Gasteiger partial charge is 0.231 e. The summed E-state index contributed by atoms with van der Waals surface area (Å²) in [5, 5.41) is 2.99. The number of aromatic nitrogens is 1. The second-order valence-corrected chi connectivity index (χ2v) is 3.48. The Hall–Kier alpha value is -0.900. The predicted octanol–water partition coefficient (Wildman–Crippen LogP) is 0.876. The SMILES string of the molecule is O=C1CSC(c2ccc[nH]2)N1. The third-order valence-corrected chi connectivity index (χ3v) is 2.71. The topological polar surface area (TPSA) is 44.9 Å². The predicted molar refractivity (Wildman–Crippen MR) is 44.1 cm³/mol. The molecule has 0 radical (unpaired) electrons. The van der Waals surface area contributed by atoms with Crippen LogP contribution in [0.3, 0.4) is 0 Å². The third-order valence-electron chi connectivity index (χ3n) is 1.58. The number of carbonyl (C=O) groups is 1. The number of hydrogen-bond donors (Lipinski definition) is 2. The molecule has 2 rings (SSSR count). The first-order chi connectivity index (χ1) is 5.36. The normalized spacial score (nSPS) is 23.6. The molecule has 1 fully saturated rings. The molecule has 0 aromatic carbocycles. The molecule has 1 saturated heterocycles. The van der Waals surface area contributed by atoms with Gasteiger partial charge in [-0.1, -0.05) is 0 Å². The summed E-state index contributed by atoms with van der Waals surface area (Å²) in [6, 6.07) is 3.91. The number of carbonyl (C=O) groups excluding carboxylic acids is 1. The summed E-state index contributed by atoms with van der Waals surface area (Å²) >= 11 is 1.62. The minimum Gasteiger partial charge on any atom is -0.363 e. The molecule has 0 spiro atoms. The summed E-state index contributed by atoms with van der Waals surface area (Å²) in [4.78, 5) is 13.9. The van der Waals surface area contributed by atoms with Crippen LogP contribution in [0.4, 0.5) is 0 Å². The summed E-state index contributed by atoms with van der Waals surface area (Å²) in [7, 11) is 0. The molecule has 2 N–H and O–H groups in total. The van der Waals surface area contributed by atoms with Gasteiger partial charge in [-0.15, -0.1) is 11.8 Å². The lowest BCUT2D eigenvalue weighted by Gasteiger charge is -2.04. The van der Waals surface area contributed by atoms with E-state index >= 15 is 0 Å². The summed E-state index contributed by atoms with van der Waals surface area (Å²) < 4.78 is 0. The fraction of sp³-hybridized carbons (Fsp3) is 0.286. The van der Waals surface area contributed by atoms with Gasteiger partial charge in [0.25, 0.3) is 0 Å². The number of amides is 1. The van der Waals surface area contributed by atoms with Crippen LogP contribution in [0.5, 0.6) is 0 Å². The lowest BCUT2D eigenvalue weighted by Crippen LogP contribution is -2.18. The third kappa shape index (κ3) is 1.26. The molecule has 1 aromatic rings. The molecule has 1 unspecified atom stereocenters. The minimum absolute atomic E-state index is 0.120. The number of hydrogen-bond acceptors (Lipinski definition) is 2. The van der Waals surface area contributed by atoms with E-state index in [9.17, 15) is 4.79 Å². The van der Waals surface area contributed by atoms with Crippen molar-refractivity contribution in [2.75, 3.05) is 5.75 Å². The zero-order chi connectivity index (χ0) is 7.68. The summed E-state index contributed by atoms with van der Waals surface area (Å²) in [5.41, 5.74) is 1.07. The lowest BCUT2D eigenvalue weighted by molar-refractivity contribution is -0.118. The average Bonchev–Trinajstić information content (AvgIpc) is 2.55. The standard InChI is InChI=1S/C7H8N2OS/c10-6-4-11-7(9-6)5-2-1-3-8-5/h1-3,7-8H,4H2,(H,9,10). The van der Waals surface area contributed by atoms with E-state index in [2.05, 4.69) is 10.3 Å². The Labute approximate surface area is 68.6 Å². The van der Waals surface area contributed by atoms with Crippen LogP contribution in [0.15, 0.2) is 18.3 Å². The Morgan fingerprint density at radius 1 is 1.64 bits per heavy atom. The maximum atomic E-state index is 10.8.